The molecule has 0 radical (unpaired) electrons. The van der Waals surface area contributed by atoms with Crippen LogP contribution in [0.15, 0.2) is 0 Å². The van der Waals surface area contributed by atoms with Gasteiger partial charge < -0.3 is 10.6 Å². The van der Waals surface area contributed by atoms with Gasteiger partial charge in [-0.25, -0.2) is 0 Å². The van der Waals surface area contributed by atoms with Crippen LogP contribution in [0.5, 0.6) is 0 Å². The van der Waals surface area contributed by atoms with Crippen LogP contribution in [0.2, 0.25) is 0 Å². The molecule has 1 aromatic heterocycles. The summed E-state index contributed by atoms with van der Waals surface area (Å²) in [6.45, 7) is 6.52. The van der Waals surface area contributed by atoms with E-state index in [0.717, 1.165) is 5.01 Å². The molecule has 18 heavy (non-hydrogen) atoms. The number of carbonyl (C=O) groups excluding carboxylic acids is 2. The molecule has 2 rings (SSSR count). The molecule has 0 aromatic carbocycles. The van der Waals surface area contributed by atoms with Crippen LogP contribution in [0, 0.1) is 5.92 Å². The Morgan fingerprint density at radius 1 is 1.44 bits per heavy atom. The number of anilines is 1. The fourth-order valence-electron chi connectivity index (χ4n) is 1.57. The van der Waals surface area contributed by atoms with Crippen molar-refractivity contribution in [2.24, 2.45) is 5.92 Å². The Labute approximate surface area is 109 Å². The van der Waals surface area contributed by atoms with Crippen LogP contribution in [-0.2, 0) is 15.0 Å². The SMILES string of the molecule is CC(C)(C)c1nnc(NC(=O)C2CNC(=O)C2)s1. The molecule has 0 bridgehead atoms. The lowest BCUT2D eigenvalue weighted by Gasteiger charge is -2.12. The average Bonchev–Trinajstić information content (AvgIpc) is 2.85. The Balaban J connectivity index is 1.99. The van der Waals surface area contributed by atoms with Gasteiger partial charge in [-0.15, -0.1) is 10.2 Å². The number of amides is 2. The van der Waals surface area contributed by atoms with E-state index in [9.17, 15) is 9.59 Å². The van der Waals surface area contributed by atoms with E-state index in [2.05, 4.69) is 20.8 Å². The number of aromatic nitrogens is 2. The highest BCUT2D eigenvalue weighted by atomic mass is 32.1. The minimum Gasteiger partial charge on any atom is -0.355 e. The Kier molecular flexibility index (Phi) is 3.34. The number of rotatable bonds is 2. The summed E-state index contributed by atoms with van der Waals surface area (Å²) in [7, 11) is 0. The molecule has 1 aliphatic rings. The number of hydrogen-bond acceptors (Lipinski definition) is 5. The summed E-state index contributed by atoms with van der Waals surface area (Å²) in [6.07, 6.45) is 0.247. The van der Waals surface area contributed by atoms with Crippen molar-refractivity contribution >= 4 is 28.3 Å². The summed E-state index contributed by atoms with van der Waals surface area (Å²) in [4.78, 5) is 22.9. The summed E-state index contributed by atoms with van der Waals surface area (Å²) >= 11 is 1.37. The van der Waals surface area contributed by atoms with Crippen LogP contribution < -0.4 is 10.6 Å². The molecule has 1 fully saturated rings. The molecule has 0 saturated carbocycles. The Bertz CT molecular complexity index is 478. The van der Waals surface area contributed by atoms with Crippen LogP contribution in [0.3, 0.4) is 0 Å². The van der Waals surface area contributed by atoms with E-state index >= 15 is 0 Å². The summed E-state index contributed by atoms with van der Waals surface area (Å²) in [5, 5.41) is 14.7. The molecular weight excluding hydrogens is 252 g/mol. The lowest BCUT2D eigenvalue weighted by Crippen LogP contribution is -2.24. The molecule has 1 aromatic rings. The topological polar surface area (TPSA) is 84.0 Å². The third-order valence-corrected chi connectivity index (χ3v) is 3.91. The Morgan fingerprint density at radius 3 is 2.67 bits per heavy atom. The van der Waals surface area contributed by atoms with Gasteiger partial charge in [-0.05, 0) is 0 Å². The fourth-order valence-corrected chi connectivity index (χ4v) is 2.38. The molecule has 2 N–H and O–H groups in total. The van der Waals surface area contributed by atoms with E-state index in [1.807, 2.05) is 20.8 Å². The zero-order valence-corrected chi connectivity index (χ0v) is 11.4. The van der Waals surface area contributed by atoms with Crippen molar-refractivity contribution < 1.29 is 9.59 Å². The first-order valence-corrected chi connectivity index (χ1v) is 6.59. The van der Waals surface area contributed by atoms with E-state index in [-0.39, 0.29) is 29.6 Å². The van der Waals surface area contributed by atoms with Gasteiger partial charge in [0.2, 0.25) is 16.9 Å². The molecule has 2 amide bonds. The third kappa shape index (κ3) is 2.84. The minimum absolute atomic E-state index is 0.0779. The van der Waals surface area contributed by atoms with Gasteiger partial charge in [0.05, 0.1) is 5.92 Å². The lowest BCUT2D eigenvalue weighted by molar-refractivity contribution is -0.123. The molecule has 2 heterocycles. The maximum atomic E-state index is 11.9. The second-order valence-corrected chi connectivity index (χ2v) is 6.33. The van der Waals surface area contributed by atoms with Crippen molar-refractivity contribution in [2.45, 2.75) is 32.6 Å². The number of carbonyl (C=O) groups is 2. The monoisotopic (exact) mass is 268 g/mol. The van der Waals surface area contributed by atoms with Crippen molar-refractivity contribution in [3.05, 3.63) is 5.01 Å². The lowest BCUT2D eigenvalue weighted by atomic mass is 9.98. The van der Waals surface area contributed by atoms with Gasteiger partial charge in [-0.3, -0.25) is 9.59 Å². The van der Waals surface area contributed by atoms with Crippen molar-refractivity contribution in [1.29, 1.82) is 0 Å². The van der Waals surface area contributed by atoms with E-state index < -0.39 is 0 Å². The van der Waals surface area contributed by atoms with Crippen molar-refractivity contribution in [3.8, 4) is 0 Å². The normalized spacial score (nSPS) is 19.7. The largest absolute Gasteiger partial charge is 0.355 e. The van der Waals surface area contributed by atoms with E-state index in [1.165, 1.54) is 11.3 Å². The molecule has 1 unspecified atom stereocenters. The fraction of sp³-hybridized carbons (Fsp3) is 0.636. The number of hydrogen-bond donors (Lipinski definition) is 2. The van der Waals surface area contributed by atoms with Crippen LogP contribution in [0.1, 0.15) is 32.2 Å². The summed E-state index contributed by atoms with van der Waals surface area (Å²) in [5.41, 5.74) is -0.0779. The quantitative estimate of drug-likeness (QED) is 0.835. The van der Waals surface area contributed by atoms with E-state index in [1.54, 1.807) is 0 Å². The van der Waals surface area contributed by atoms with Gasteiger partial charge in [-0.1, -0.05) is 32.1 Å². The standard InChI is InChI=1S/C11H16N4O2S/c1-11(2,3)9-14-15-10(18-9)13-8(17)6-4-7(16)12-5-6/h6H,4-5H2,1-3H3,(H,12,16)(H,13,15,17). The first-order chi connectivity index (χ1) is 8.36. The summed E-state index contributed by atoms with van der Waals surface area (Å²) in [6, 6.07) is 0. The van der Waals surface area contributed by atoms with Gasteiger partial charge in [-0.2, -0.15) is 0 Å². The maximum absolute atomic E-state index is 11.9. The Hall–Kier alpha value is -1.50. The van der Waals surface area contributed by atoms with Crippen LogP contribution >= 0.6 is 11.3 Å². The molecule has 7 heteroatoms. The first kappa shape index (κ1) is 12.9. The molecule has 98 valence electrons. The van der Waals surface area contributed by atoms with Gasteiger partial charge in [0, 0.05) is 18.4 Å². The highest BCUT2D eigenvalue weighted by molar-refractivity contribution is 7.15. The van der Waals surface area contributed by atoms with Crippen molar-refractivity contribution in [3.63, 3.8) is 0 Å². The zero-order chi connectivity index (χ0) is 13.3. The van der Waals surface area contributed by atoms with Gasteiger partial charge in [0.15, 0.2) is 0 Å². The molecule has 0 spiro atoms. The van der Waals surface area contributed by atoms with Gasteiger partial charge in [0.1, 0.15) is 5.01 Å². The minimum atomic E-state index is -0.306. The molecule has 1 atom stereocenters. The first-order valence-electron chi connectivity index (χ1n) is 5.78. The van der Waals surface area contributed by atoms with E-state index in [0.29, 0.717) is 11.7 Å². The second-order valence-electron chi connectivity index (χ2n) is 5.36. The van der Waals surface area contributed by atoms with Crippen LogP contribution in [0.25, 0.3) is 0 Å². The molecular formula is C11H16N4O2S. The smallest absolute Gasteiger partial charge is 0.231 e. The van der Waals surface area contributed by atoms with Crippen LogP contribution in [0.4, 0.5) is 5.13 Å². The van der Waals surface area contributed by atoms with Gasteiger partial charge in [0.25, 0.3) is 0 Å². The number of nitrogens with one attached hydrogen (secondary N) is 2. The third-order valence-electron chi connectivity index (χ3n) is 2.64. The predicted octanol–water partition coefficient (Wildman–Crippen LogP) is 0.910. The average molecular weight is 268 g/mol. The molecule has 0 aliphatic carbocycles. The highest BCUT2D eigenvalue weighted by Gasteiger charge is 2.29. The van der Waals surface area contributed by atoms with Crippen molar-refractivity contribution in [1.82, 2.24) is 15.5 Å². The van der Waals surface area contributed by atoms with Gasteiger partial charge >= 0.3 is 0 Å². The molecule has 6 nitrogen and oxygen atoms in total. The molecule has 1 saturated heterocycles. The summed E-state index contributed by atoms with van der Waals surface area (Å²) in [5.74, 6) is -0.563. The maximum Gasteiger partial charge on any atom is 0.231 e. The zero-order valence-electron chi connectivity index (χ0n) is 10.6. The summed E-state index contributed by atoms with van der Waals surface area (Å²) < 4.78 is 0. The predicted molar refractivity (Wildman–Crippen MR) is 68.4 cm³/mol. The van der Waals surface area contributed by atoms with Crippen molar-refractivity contribution in [2.75, 3.05) is 11.9 Å². The number of nitrogens with zero attached hydrogens (tertiary/aromatic N) is 2. The van der Waals surface area contributed by atoms with Crippen LogP contribution in [-0.4, -0.2) is 28.6 Å². The van der Waals surface area contributed by atoms with E-state index in [4.69, 9.17) is 0 Å². The Morgan fingerprint density at radius 2 is 2.17 bits per heavy atom. The highest BCUT2D eigenvalue weighted by Crippen LogP contribution is 2.28. The molecule has 1 aliphatic heterocycles. The second kappa shape index (κ2) is 4.64.